The normalized spacial score (nSPS) is 26.8. The van der Waals surface area contributed by atoms with Crippen molar-refractivity contribution in [3.8, 4) is 6.07 Å². The Morgan fingerprint density at radius 3 is 2.74 bits per heavy atom. The van der Waals surface area contributed by atoms with Gasteiger partial charge in [-0.05, 0) is 37.0 Å². The molecule has 2 heterocycles. The van der Waals surface area contributed by atoms with Gasteiger partial charge in [0.25, 0.3) is 0 Å². The highest BCUT2D eigenvalue weighted by molar-refractivity contribution is 6.33. The monoisotopic (exact) mass is 333 g/mol. The summed E-state index contributed by atoms with van der Waals surface area (Å²) >= 11 is 6.28. The summed E-state index contributed by atoms with van der Waals surface area (Å²) in [6.07, 6.45) is 0.131. The summed E-state index contributed by atoms with van der Waals surface area (Å²) in [5.74, 6) is 0.190. The lowest BCUT2D eigenvalue weighted by Gasteiger charge is -2.31. The van der Waals surface area contributed by atoms with Gasteiger partial charge in [0.2, 0.25) is 0 Å². The molecule has 3 atom stereocenters. The highest BCUT2D eigenvalue weighted by Gasteiger charge is 2.53. The molecule has 23 heavy (non-hydrogen) atoms. The lowest BCUT2D eigenvalue weighted by molar-refractivity contribution is 0.122. The third-order valence-electron chi connectivity index (χ3n) is 4.94. The number of urea groups is 1. The first kappa shape index (κ1) is 16.1. The van der Waals surface area contributed by atoms with Gasteiger partial charge in [0.05, 0.1) is 34.5 Å². The van der Waals surface area contributed by atoms with Crippen LogP contribution in [-0.4, -0.2) is 40.8 Å². The Labute approximate surface area is 141 Å². The number of hydrogen-bond acceptors (Lipinski definition) is 3. The molecule has 122 valence electrons. The summed E-state index contributed by atoms with van der Waals surface area (Å²) in [5, 5.41) is 19.8. The number of nitrogens with zero attached hydrogens (tertiary/aromatic N) is 3. The van der Waals surface area contributed by atoms with Crippen LogP contribution in [0.4, 0.5) is 10.5 Å². The van der Waals surface area contributed by atoms with E-state index in [4.69, 9.17) is 16.9 Å². The number of aliphatic hydroxyl groups is 1. The van der Waals surface area contributed by atoms with Gasteiger partial charge in [0, 0.05) is 6.54 Å². The van der Waals surface area contributed by atoms with Gasteiger partial charge in [-0.1, -0.05) is 25.4 Å². The second-order valence-corrected chi connectivity index (χ2v) is 6.99. The van der Waals surface area contributed by atoms with Crippen molar-refractivity contribution in [2.75, 3.05) is 11.4 Å². The zero-order valence-electron chi connectivity index (χ0n) is 13.5. The molecule has 6 heteroatoms. The molecule has 0 radical (unpaired) electrons. The third kappa shape index (κ3) is 2.29. The van der Waals surface area contributed by atoms with E-state index in [1.54, 1.807) is 21.9 Å². The van der Waals surface area contributed by atoms with E-state index in [1.165, 1.54) is 0 Å². The molecule has 2 unspecified atom stereocenters. The van der Waals surface area contributed by atoms with E-state index in [2.05, 4.69) is 19.9 Å². The Morgan fingerprint density at radius 1 is 1.43 bits per heavy atom. The van der Waals surface area contributed by atoms with Crippen molar-refractivity contribution >= 4 is 23.3 Å². The fourth-order valence-corrected chi connectivity index (χ4v) is 4.03. The Hall–Kier alpha value is -1.77. The van der Waals surface area contributed by atoms with Gasteiger partial charge in [-0.15, -0.1) is 0 Å². The van der Waals surface area contributed by atoms with Crippen molar-refractivity contribution in [2.24, 2.45) is 5.92 Å². The fourth-order valence-electron chi connectivity index (χ4n) is 3.83. The predicted molar refractivity (Wildman–Crippen MR) is 88.5 cm³/mol. The van der Waals surface area contributed by atoms with Crippen LogP contribution in [0.2, 0.25) is 5.02 Å². The molecule has 2 aliphatic rings. The summed E-state index contributed by atoms with van der Waals surface area (Å²) in [7, 11) is 0. The van der Waals surface area contributed by atoms with Crippen molar-refractivity contribution in [3.63, 3.8) is 0 Å². The Bertz CT molecular complexity index is 698. The van der Waals surface area contributed by atoms with E-state index in [0.717, 1.165) is 11.3 Å². The molecule has 0 spiro atoms. The number of anilines is 1. The largest absolute Gasteiger partial charge is 0.391 e. The average molecular weight is 334 g/mol. The fraction of sp³-hybridized carbons (Fsp3) is 0.529. The van der Waals surface area contributed by atoms with Gasteiger partial charge in [-0.3, -0.25) is 4.90 Å². The smallest absolute Gasteiger partial charge is 0.325 e. The minimum atomic E-state index is -0.495. The second kappa shape index (κ2) is 5.70. The van der Waals surface area contributed by atoms with E-state index in [-0.39, 0.29) is 24.0 Å². The minimum Gasteiger partial charge on any atom is -0.391 e. The molecule has 3 rings (SSSR count). The van der Waals surface area contributed by atoms with E-state index in [0.29, 0.717) is 23.6 Å². The van der Waals surface area contributed by atoms with Crippen LogP contribution in [0.5, 0.6) is 0 Å². The molecular formula is C17H20ClN3O2. The summed E-state index contributed by atoms with van der Waals surface area (Å²) in [6, 6.07) is 5.11. The van der Waals surface area contributed by atoms with Gasteiger partial charge in [-0.25, -0.2) is 4.79 Å². The minimum absolute atomic E-state index is 0.0888. The first-order chi connectivity index (χ1) is 10.9. The van der Waals surface area contributed by atoms with Gasteiger partial charge in [0.1, 0.15) is 6.07 Å². The first-order valence-electron chi connectivity index (χ1n) is 7.85. The molecule has 2 aliphatic heterocycles. The average Bonchev–Trinajstić information content (AvgIpc) is 3.01. The number of fused-ring (bicyclic) bond motifs is 1. The van der Waals surface area contributed by atoms with Crippen LogP contribution >= 0.6 is 11.6 Å². The lowest BCUT2D eigenvalue weighted by Crippen LogP contribution is -2.45. The van der Waals surface area contributed by atoms with E-state index in [1.807, 2.05) is 6.92 Å². The van der Waals surface area contributed by atoms with Crippen LogP contribution < -0.4 is 4.90 Å². The number of amides is 2. The molecule has 1 aromatic rings. The maximum Gasteiger partial charge on any atom is 0.325 e. The SMILES string of the molecule is Cc1c(N2C(=O)N3CCC(O)[C@H]3C2C(C)C)ccc(C#N)c1Cl. The van der Waals surface area contributed by atoms with Gasteiger partial charge in [-0.2, -0.15) is 5.26 Å². The highest BCUT2D eigenvalue weighted by atomic mass is 35.5. The molecule has 0 bridgehead atoms. The Morgan fingerprint density at radius 2 is 2.13 bits per heavy atom. The van der Waals surface area contributed by atoms with Crippen molar-refractivity contribution in [2.45, 2.75) is 45.4 Å². The molecular weight excluding hydrogens is 314 g/mol. The summed E-state index contributed by atoms with van der Waals surface area (Å²) in [5.41, 5.74) is 1.85. The van der Waals surface area contributed by atoms with Crippen molar-refractivity contribution in [1.82, 2.24) is 4.90 Å². The summed E-state index contributed by atoms with van der Waals surface area (Å²) in [4.78, 5) is 16.4. The number of hydrogen-bond donors (Lipinski definition) is 1. The van der Waals surface area contributed by atoms with Crippen molar-refractivity contribution in [1.29, 1.82) is 5.26 Å². The summed E-state index contributed by atoms with van der Waals surface area (Å²) < 4.78 is 0. The van der Waals surface area contributed by atoms with E-state index < -0.39 is 6.10 Å². The predicted octanol–water partition coefficient (Wildman–Crippen LogP) is 2.92. The molecule has 0 aromatic heterocycles. The second-order valence-electron chi connectivity index (χ2n) is 6.61. The van der Waals surface area contributed by atoms with Crippen LogP contribution in [0.1, 0.15) is 31.4 Å². The number of aliphatic hydroxyl groups excluding tert-OH is 1. The van der Waals surface area contributed by atoms with Crippen LogP contribution in [0.15, 0.2) is 12.1 Å². The van der Waals surface area contributed by atoms with Crippen LogP contribution in [0, 0.1) is 24.2 Å². The van der Waals surface area contributed by atoms with Crippen molar-refractivity contribution in [3.05, 3.63) is 28.3 Å². The molecule has 2 amide bonds. The van der Waals surface area contributed by atoms with Crippen LogP contribution in [0.3, 0.4) is 0 Å². The number of carbonyl (C=O) groups is 1. The van der Waals surface area contributed by atoms with E-state index in [9.17, 15) is 9.90 Å². The van der Waals surface area contributed by atoms with Gasteiger partial charge >= 0.3 is 6.03 Å². The number of halogens is 1. The third-order valence-corrected chi connectivity index (χ3v) is 5.43. The number of nitriles is 1. The van der Waals surface area contributed by atoms with E-state index >= 15 is 0 Å². The number of rotatable bonds is 2. The van der Waals surface area contributed by atoms with Crippen LogP contribution in [-0.2, 0) is 0 Å². The highest BCUT2D eigenvalue weighted by Crippen LogP contribution is 2.41. The maximum absolute atomic E-state index is 12.9. The van der Waals surface area contributed by atoms with Gasteiger partial charge in [0.15, 0.2) is 0 Å². The Balaban J connectivity index is 2.10. The molecule has 0 saturated carbocycles. The van der Waals surface area contributed by atoms with Gasteiger partial charge < -0.3 is 10.0 Å². The standard InChI is InChI=1S/C17H20ClN3O2/c1-9(2)15-16-13(22)6-7-20(16)17(23)21(15)12-5-4-11(8-19)14(18)10(12)3/h4-5,9,13,15-16,22H,6-7H2,1-3H3/t13?,15?,16-/m0/s1. The van der Waals surface area contributed by atoms with Crippen molar-refractivity contribution < 1.29 is 9.90 Å². The molecule has 2 fully saturated rings. The molecule has 5 nitrogen and oxygen atoms in total. The number of benzene rings is 1. The summed E-state index contributed by atoms with van der Waals surface area (Å²) in [6.45, 7) is 6.51. The maximum atomic E-state index is 12.9. The number of carbonyl (C=O) groups excluding carboxylic acids is 1. The quantitative estimate of drug-likeness (QED) is 0.904. The zero-order chi connectivity index (χ0) is 16.9. The molecule has 1 aromatic carbocycles. The Kier molecular flexibility index (Phi) is 3.99. The molecule has 1 N–H and O–H groups in total. The van der Waals surface area contributed by atoms with Crippen LogP contribution in [0.25, 0.3) is 0 Å². The first-order valence-corrected chi connectivity index (χ1v) is 8.23. The molecule has 2 saturated heterocycles. The molecule has 0 aliphatic carbocycles. The zero-order valence-corrected chi connectivity index (χ0v) is 14.2. The lowest BCUT2D eigenvalue weighted by atomic mass is 9.92. The topological polar surface area (TPSA) is 67.6 Å².